The Balaban J connectivity index is 0.00000113. The first-order chi connectivity index (χ1) is 45.1. The van der Waals surface area contributed by atoms with E-state index in [0.717, 1.165) is 109 Å². The van der Waals surface area contributed by atoms with Crippen LogP contribution in [-0.2, 0) is 28.4 Å². The number of ether oxygens (including phenoxy) is 6. The number of unbranched alkanes of at least 4 members (excludes halogenated alkanes) is 3. The first-order valence-corrected chi connectivity index (χ1v) is 40.6. The molecule has 0 bridgehead atoms. The molecule has 4 aliphatic heterocycles. The third-order valence-electron chi connectivity index (χ3n) is 14.1. The molecule has 530 valence electrons. The maximum atomic E-state index is 12.1. The van der Waals surface area contributed by atoms with E-state index in [1.807, 2.05) is 33.2 Å². The Morgan fingerprint density at radius 2 is 0.904 bits per heavy atom. The molecule has 8 heterocycles. The molecule has 8 rings (SSSR count). The van der Waals surface area contributed by atoms with E-state index in [2.05, 4.69) is 91.9 Å². The van der Waals surface area contributed by atoms with Gasteiger partial charge in [0.15, 0.2) is 11.7 Å². The molecule has 28 heteroatoms. The Morgan fingerprint density at radius 3 is 1.22 bits per heavy atom. The summed E-state index contributed by atoms with van der Waals surface area (Å²) in [7, 11) is 5.46. The molecule has 4 aromatic rings. The minimum Gasteiger partial charge on any atom is -0.383 e. The fraction of sp³-hybridized carbons (Fsp3) is 0.561. The molecule has 0 spiro atoms. The molecular formula is C66H105Cl6FN12O8Sn. The van der Waals surface area contributed by atoms with Gasteiger partial charge in [0.1, 0.15) is 51.3 Å². The van der Waals surface area contributed by atoms with Crippen molar-refractivity contribution >= 4 is 135 Å². The van der Waals surface area contributed by atoms with E-state index in [-0.39, 0.29) is 29.9 Å². The van der Waals surface area contributed by atoms with E-state index in [1.54, 1.807) is 47.5 Å². The van der Waals surface area contributed by atoms with Crippen LogP contribution in [0, 0.1) is 5.41 Å². The Hall–Kier alpha value is -4.66. The minimum atomic E-state index is -2.24. The van der Waals surface area contributed by atoms with Gasteiger partial charge in [0, 0.05) is 107 Å². The van der Waals surface area contributed by atoms with Crippen molar-refractivity contribution < 1.29 is 43.8 Å². The average molecular weight is 1550 g/mol. The predicted molar refractivity (Wildman–Crippen MR) is 395 cm³/mol. The molecule has 0 amide bonds. The average Bonchev–Trinajstić information content (AvgIpc) is 0.921. The van der Waals surface area contributed by atoms with Crippen molar-refractivity contribution in [3.63, 3.8) is 0 Å². The summed E-state index contributed by atoms with van der Waals surface area (Å²) in [6.45, 7) is 34.0. The number of alkyl halides is 1. The fourth-order valence-corrected chi connectivity index (χ4v) is 25.1. The maximum absolute atomic E-state index is 12.1. The summed E-state index contributed by atoms with van der Waals surface area (Å²) in [5.74, 6) is 3.14. The molecule has 4 saturated heterocycles. The minimum absolute atomic E-state index is 0. The Labute approximate surface area is 596 Å². The van der Waals surface area contributed by atoms with Gasteiger partial charge in [0.2, 0.25) is 5.78 Å². The Bertz CT molecular complexity index is 2810. The van der Waals surface area contributed by atoms with Crippen molar-refractivity contribution in [2.45, 2.75) is 101 Å². The van der Waals surface area contributed by atoms with Crippen molar-refractivity contribution in [1.82, 2.24) is 24.8 Å². The van der Waals surface area contributed by atoms with Crippen molar-refractivity contribution in [2.24, 2.45) is 11.5 Å². The summed E-state index contributed by atoms with van der Waals surface area (Å²) < 4.78 is 53.3. The second kappa shape index (κ2) is 51.5. The van der Waals surface area contributed by atoms with Gasteiger partial charge in [-0.25, -0.2) is 19.9 Å². The molecular weight excluding hydrogens is 1440 g/mol. The molecule has 0 aromatic carbocycles. The van der Waals surface area contributed by atoms with E-state index in [9.17, 15) is 14.0 Å². The number of rotatable bonds is 23. The zero-order chi connectivity index (χ0) is 70.4. The molecule has 0 radical (unpaired) electrons. The van der Waals surface area contributed by atoms with E-state index < -0.39 is 18.4 Å². The summed E-state index contributed by atoms with van der Waals surface area (Å²) in [4.78, 5) is 51.0. The molecule has 5 N–H and O–H groups in total. The predicted octanol–water partition coefficient (Wildman–Crippen LogP) is 14.8. The number of halogens is 7. The first-order valence-electron chi connectivity index (χ1n) is 32.3. The topological polar surface area (TPSA) is 233 Å². The summed E-state index contributed by atoms with van der Waals surface area (Å²) in [6, 6.07) is 13.8. The summed E-state index contributed by atoms with van der Waals surface area (Å²) in [5.41, 5.74) is 10.4. The van der Waals surface area contributed by atoms with Gasteiger partial charge in [-0.15, -0.1) is 12.4 Å². The van der Waals surface area contributed by atoms with Crippen LogP contribution < -0.4 is 31.1 Å². The number of hydrogen-bond acceptors (Lipinski definition) is 18. The molecule has 4 aromatic heterocycles. The van der Waals surface area contributed by atoms with Crippen LogP contribution in [0.2, 0.25) is 38.6 Å². The van der Waals surface area contributed by atoms with E-state index in [1.165, 1.54) is 76.0 Å². The molecule has 4 fully saturated rings. The van der Waals surface area contributed by atoms with Gasteiger partial charge in [0.25, 0.3) is 0 Å². The number of hydrogen-bond donors (Lipinski definition) is 3. The van der Waals surface area contributed by atoms with Crippen LogP contribution in [-0.4, -0.2) is 200 Å². The SMILES string of the molecule is C=C(OCC)c1cc(Cl)cc(N2CCOCC2)n1.C=[C](OCC)[Sn]([CH2]CCC)([CH2]CCC)[CH2]CCC.CC(=O)c1cc(Cl)cc(N2CCOCC2)n1.CF.CN(C)/C=C/C(=O)c1cc(Cl)cc(N2CCOCC2)n1.Cl.Clc1cc(Cl)nc(N2CCOCC2)c1.N=C(N)N.[2H]C. The van der Waals surface area contributed by atoms with Gasteiger partial charge in [-0.1, -0.05) is 72.0 Å². The van der Waals surface area contributed by atoms with Crippen LogP contribution in [0.4, 0.5) is 27.7 Å². The second-order valence-electron chi connectivity index (χ2n) is 21.4. The normalized spacial score (nSPS) is 14.2. The number of carbonyl (C=O) groups excluding carboxylic acids is 2. The molecule has 0 aliphatic carbocycles. The monoisotopic (exact) mass is 1540 g/mol. The largest absolute Gasteiger partial charge is 0.383 e. The number of allylic oxidation sites excluding steroid dienone is 1. The Kier molecular flexibility index (Phi) is 47.9. The van der Waals surface area contributed by atoms with Crippen LogP contribution >= 0.6 is 70.4 Å². The van der Waals surface area contributed by atoms with Gasteiger partial charge in [-0.2, -0.15) is 0 Å². The number of ketones is 2. The van der Waals surface area contributed by atoms with Gasteiger partial charge in [0.05, 0.1) is 66.6 Å². The van der Waals surface area contributed by atoms with Crippen LogP contribution in [0.3, 0.4) is 0 Å². The van der Waals surface area contributed by atoms with Gasteiger partial charge in [-0.3, -0.25) is 19.4 Å². The summed E-state index contributed by atoms with van der Waals surface area (Å²) in [6.07, 6.45) is 11.3. The molecule has 0 unspecified atom stereocenters. The standard InChI is InChI=1S/C14H18ClN3O2.C13H17ClN2O2.C11H13ClN2O2.C9H10Cl2N2O.C4H7O.3C4H9.CH3F.CH5N3.CH4.ClH.Sn/c1-17(2)4-3-13(19)12-9-11(15)10-14(16-12)18-5-7-20-8-6-18;1-3-18-10(2)12-8-11(14)9-13(15-12)16-4-6-17-7-5-16;1-8(15)10-6-9(12)7-11(13-10)14-2-4-16-5-3-14;10-7-5-8(11)12-9(6-7)13-1-3-14-4-2-13;1-3-5-4-2;3*1-3-4-2;1-2;2-1(3)4;;;/h3-4,9-10H,5-8H2,1-2H3;8-9H,2-7H2,1H3;6-7H,2-5H2,1H3;5-6H,1-4H2;1,4H2,2H3;3*1,3-4H2,2H3;1H3;(H5,2,3,4);1H4;1H;/b4-3+;;;;;;;;;;;;/i;;;;;;;;;;1D;;. The van der Waals surface area contributed by atoms with Crippen molar-refractivity contribution in [2.75, 3.05) is 159 Å². The van der Waals surface area contributed by atoms with E-state index in [4.69, 9.17) is 93.2 Å². The molecule has 0 atom stereocenters. The van der Waals surface area contributed by atoms with Crippen molar-refractivity contribution in [1.29, 1.82) is 5.41 Å². The molecule has 94 heavy (non-hydrogen) atoms. The zero-order valence-corrected chi connectivity index (χ0v) is 64.4. The van der Waals surface area contributed by atoms with Gasteiger partial charge in [-0.05, 0) is 55.5 Å². The number of pyridine rings is 4. The van der Waals surface area contributed by atoms with E-state index in [0.29, 0.717) is 88.3 Å². The zero-order valence-electron chi connectivity index (χ0n) is 57.9. The summed E-state index contributed by atoms with van der Waals surface area (Å²) >= 11 is 27.6. The number of anilines is 4. The smallest absolute Gasteiger partial charge is 0.205 e. The molecule has 4 aliphatic rings. The number of nitrogens with two attached hydrogens (primary N) is 2. The number of nitrogens with one attached hydrogen (secondary N) is 1. The summed E-state index contributed by atoms with van der Waals surface area (Å²) in [5, 5.41) is 8.80. The molecule has 0 saturated carbocycles. The molecule has 20 nitrogen and oxygen atoms in total. The fourth-order valence-electron chi connectivity index (χ4n) is 9.39. The number of aromatic nitrogens is 4. The van der Waals surface area contributed by atoms with Crippen LogP contribution in [0.25, 0.3) is 5.76 Å². The van der Waals surface area contributed by atoms with Gasteiger partial charge >= 0.3 is 120 Å². The quantitative estimate of drug-likeness (QED) is 0.0119. The van der Waals surface area contributed by atoms with Crippen molar-refractivity contribution in [3.05, 3.63) is 120 Å². The number of carbonyl (C=O) groups is 2. The van der Waals surface area contributed by atoms with Crippen molar-refractivity contribution in [3.8, 4) is 0 Å². The second-order valence-corrected chi connectivity index (χ2v) is 36.7. The van der Waals surface area contributed by atoms with Crippen LogP contribution in [0.15, 0.2) is 77.7 Å². The number of guanidine groups is 1. The third kappa shape index (κ3) is 35.5. The number of morpholine rings is 4. The number of nitrogens with zero attached hydrogens (tertiary/aromatic N) is 9. The third-order valence-corrected chi connectivity index (χ3v) is 30.2. The van der Waals surface area contributed by atoms with E-state index >= 15 is 0 Å². The van der Waals surface area contributed by atoms with Gasteiger partial charge < -0.3 is 59.7 Å². The number of Topliss-reactive ketones (excluding diaryl/α,β-unsaturated/α-hetero) is 1. The maximum Gasteiger partial charge on any atom is 0.205 e. The first kappa shape index (κ1) is 87.3. The van der Waals surface area contributed by atoms with Crippen LogP contribution in [0.5, 0.6) is 0 Å². The van der Waals surface area contributed by atoms with Crippen LogP contribution in [0.1, 0.15) is 116 Å². The Morgan fingerprint density at radius 1 is 0.596 bits per heavy atom.